The average molecular weight is 550 g/mol. The minimum Gasteiger partial charge on any atom is -0.404 e. The number of halogens is 4. The van der Waals surface area contributed by atoms with Crippen molar-refractivity contribution < 1.29 is 22.7 Å². The molecule has 2 fully saturated rings. The molecule has 0 radical (unpaired) electrons. The zero-order chi connectivity index (χ0) is 27.3. The largest absolute Gasteiger partial charge is 0.416 e. The second kappa shape index (κ2) is 12.2. The molecule has 3 N–H and O–H groups in total. The van der Waals surface area contributed by atoms with Crippen molar-refractivity contribution in [2.24, 2.45) is 10.7 Å². The Morgan fingerprint density at radius 3 is 2.34 bits per heavy atom. The molecule has 2 aliphatic heterocycles. The van der Waals surface area contributed by atoms with Gasteiger partial charge in [0.15, 0.2) is 0 Å². The molecule has 0 saturated carbocycles. The van der Waals surface area contributed by atoms with E-state index in [1.807, 2.05) is 6.07 Å². The predicted molar refractivity (Wildman–Crippen MR) is 144 cm³/mol. The van der Waals surface area contributed by atoms with Crippen LogP contribution in [0, 0.1) is 0 Å². The van der Waals surface area contributed by atoms with Crippen molar-refractivity contribution in [3.63, 3.8) is 0 Å². The number of amides is 1. The molecular weight excluding hydrogens is 519 g/mol. The number of nitrogens with two attached hydrogens (primary N) is 1. The second-order valence-corrected chi connectivity index (χ2v) is 9.72. The van der Waals surface area contributed by atoms with Gasteiger partial charge >= 0.3 is 6.18 Å². The first-order valence-corrected chi connectivity index (χ1v) is 12.9. The van der Waals surface area contributed by atoms with Crippen molar-refractivity contribution in [2.45, 2.75) is 32.0 Å². The van der Waals surface area contributed by atoms with Crippen LogP contribution in [0.1, 0.15) is 25.3 Å². The molecule has 0 bridgehead atoms. The maximum Gasteiger partial charge on any atom is 0.416 e. The van der Waals surface area contributed by atoms with Gasteiger partial charge in [-0.15, -0.1) is 0 Å². The maximum absolute atomic E-state index is 12.9. The van der Waals surface area contributed by atoms with Gasteiger partial charge < -0.3 is 20.7 Å². The summed E-state index contributed by atoms with van der Waals surface area (Å²) in [6.45, 7) is 6.90. The molecule has 0 unspecified atom stereocenters. The summed E-state index contributed by atoms with van der Waals surface area (Å²) in [6.07, 6.45) is -1.21. The normalized spacial score (nSPS) is 18.5. The molecule has 7 nitrogen and oxygen atoms in total. The fourth-order valence-electron chi connectivity index (χ4n) is 4.79. The van der Waals surface area contributed by atoms with Crippen LogP contribution in [0.5, 0.6) is 0 Å². The standard InChI is InChI=1S/C27H31ClF3N5O2/c1-18(33-20-4-2-19(3-5-20)27(29,30)31)23(17-32)26(37)34-21-6-7-25(24(28)16-21)36-10-8-22(9-11-36)35-12-14-38-15-13-35/h2-7,16-17,22H,8-15,32H2,1H3,(H,34,37). The lowest BCUT2D eigenvalue weighted by molar-refractivity contribution is -0.137. The van der Waals surface area contributed by atoms with Gasteiger partial charge in [0.2, 0.25) is 0 Å². The van der Waals surface area contributed by atoms with Crippen LogP contribution >= 0.6 is 11.6 Å². The summed E-state index contributed by atoms with van der Waals surface area (Å²) >= 11 is 6.60. The third-order valence-corrected chi connectivity index (χ3v) is 7.17. The Morgan fingerprint density at radius 2 is 1.76 bits per heavy atom. The van der Waals surface area contributed by atoms with Gasteiger partial charge in [-0.25, -0.2) is 0 Å². The Morgan fingerprint density at radius 1 is 1.11 bits per heavy atom. The molecule has 2 saturated heterocycles. The first-order chi connectivity index (χ1) is 18.2. The van der Waals surface area contributed by atoms with Gasteiger partial charge in [-0.05, 0) is 62.2 Å². The van der Waals surface area contributed by atoms with Gasteiger partial charge in [0.1, 0.15) is 0 Å². The van der Waals surface area contributed by atoms with Gasteiger partial charge in [-0.3, -0.25) is 14.7 Å². The molecule has 0 spiro atoms. The Kier molecular flexibility index (Phi) is 8.96. The van der Waals surface area contributed by atoms with Crippen molar-refractivity contribution >= 4 is 40.3 Å². The van der Waals surface area contributed by atoms with E-state index < -0.39 is 17.6 Å². The fourth-order valence-corrected chi connectivity index (χ4v) is 5.09. The highest BCUT2D eigenvalue weighted by Crippen LogP contribution is 2.33. The highest BCUT2D eigenvalue weighted by Gasteiger charge is 2.30. The number of anilines is 2. The Labute approximate surface area is 225 Å². The van der Waals surface area contributed by atoms with E-state index in [4.69, 9.17) is 22.1 Å². The summed E-state index contributed by atoms with van der Waals surface area (Å²) in [6, 6.07) is 10.3. The van der Waals surface area contributed by atoms with E-state index in [0.29, 0.717) is 16.8 Å². The first kappa shape index (κ1) is 27.9. The number of carbonyl (C=O) groups is 1. The third kappa shape index (κ3) is 6.86. The van der Waals surface area contributed by atoms with Crippen LogP contribution in [0.25, 0.3) is 0 Å². The molecule has 38 heavy (non-hydrogen) atoms. The summed E-state index contributed by atoms with van der Waals surface area (Å²) < 4.78 is 43.8. The van der Waals surface area contributed by atoms with E-state index in [0.717, 1.165) is 76.3 Å². The lowest BCUT2D eigenvalue weighted by Crippen LogP contribution is -2.49. The van der Waals surface area contributed by atoms with Crippen LogP contribution in [-0.2, 0) is 15.7 Å². The number of aliphatic imine (C=N–C) groups is 1. The smallest absolute Gasteiger partial charge is 0.404 e. The topological polar surface area (TPSA) is 83.2 Å². The number of nitrogens with zero attached hydrogens (tertiary/aromatic N) is 3. The molecule has 11 heteroatoms. The third-order valence-electron chi connectivity index (χ3n) is 6.87. The number of hydrogen-bond acceptors (Lipinski definition) is 6. The average Bonchev–Trinajstić information content (AvgIpc) is 2.90. The molecule has 2 aliphatic rings. The Bertz CT molecular complexity index is 1190. The maximum atomic E-state index is 12.9. The van der Waals surface area contributed by atoms with Gasteiger partial charge in [0.25, 0.3) is 5.91 Å². The number of alkyl halides is 3. The fraction of sp³-hybridized carbons (Fsp3) is 0.407. The van der Waals surface area contributed by atoms with Crippen LogP contribution in [0.4, 0.5) is 30.2 Å². The molecule has 4 rings (SSSR count). The number of ether oxygens (including phenoxy) is 1. The first-order valence-electron chi connectivity index (χ1n) is 12.5. The molecule has 2 heterocycles. The summed E-state index contributed by atoms with van der Waals surface area (Å²) in [5.74, 6) is -0.504. The molecule has 204 valence electrons. The summed E-state index contributed by atoms with van der Waals surface area (Å²) in [5.41, 5.74) is 6.94. The second-order valence-electron chi connectivity index (χ2n) is 9.31. The van der Waals surface area contributed by atoms with E-state index in [1.165, 1.54) is 12.1 Å². The van der Waals surface area contributed by atoms with Crippen LogP contribution in [0.15, 0.2) is 59.2 Å². The number of benzene rings is 2. The van der Waals surface area contributed by atoms with Crippen molar-refractivity contribution in [2.75, 3.05) is 49.6 Å². The van der Waals surface area contributed by atoms with Crippen molar-refractivity contribution in [3.05, 3.63) is 64.8 Å². The monoisotopic (exact) mass is 549 g/mol. The number of rotatable bonds is 6. The van der Waals surface area contributed by atoms with Gasteiger partial charge in [0, 0.05) is 44.1 Å². The number of nitrogens with one attached hydrogen (secondary N) is 1. The minimum atomic E-state index is -4.43. The highest BCUT2D eigenvalue weighted by molar-refractivity contribution is 6.33. The summed E-state index contributed by atoms with van der Waals surface area (Å²) in [5, 5.41) is 3.30. The van der Waals surface area contributed by atoms with Gasteiger partial charge in [-0.1, -0.05) is 11.6 Å². The summed E-state index contributed by atoms with van der Waals surface area (Å²) in [4.78, 5) is 21.9. The van der Waals surface area contributed by atoms with Gasteiger partial charge in [0.05, 0.1) is 46.5 Å². The van der Waals surface area contributed by atoms with Gasteiger partial charge in [-0.2, -0.15) is 13.2 Å². The Hall–Kier alpha value is -3.08. The molecule has 0 atom stereocenters. The predicted octanol–water partition coefficient (Wildman–Crippen LogP) is 5.23. The zero-order valence-corrected chi connectivity index (χ0v) is 21.9. The van der Waals surface area contributed by atoms with E-state index in [9.17, 15) is 18.0 Å². The quantitative estimate of drug-likeness (QED) is 0.381. The van der Waals surface area contributed by atoms with E-state index in [2.05, 4.69) is 20.1 Å². The Balaban J connectivity index is 1.37. The van der Waals surface area contributed by atoms with Crippen molar-refractivity contribution in [3.8, 4) is 0 Å². The molecular formula is C27H31ClF3N5O2. The van der Waals surface area contributed by atoms with Crippen molar-refractivity contribution in [1.29, 1.82) is 0 Å². The van der Waals surface area contributed by atoms with Crippen LogP contribution < -0.4 is 16.0 Å². The molecule has 0 aromatic heterocycles. The van der Waals surface area contributed by atoms with Crippen molar-refractivity contribution in [1.82, 2.24) is 4.90 Å². The van der Waals surface area contributed by atoms with Crippen LogP contribution in [-0.4, -0.2) is 62.0 Å². The lowest BCUT2D eigenvalue weighted by atomic mass is 10.0. The van der Waals surface area contributed by atoms with Crippen LogP contribution in [0.3, 0.4) is 0 Å². The number of carbonyl (C=O) groups excluding carboxylic acids is 1. The lowest BCUT2D eigenvalue weighted by Gasteiger charge is -2.41. The van der Waals surface area contributed by atoms with E-state index >= 15 is 0 Å². The SMILES string of the molecule is CC(=Nc1ccc(C(F)(F)F)cc1)C(=CN)C(=O)Nc1ccc(N2CCC(N3CCOCC3)CC2)c(Cl)c1. The number of morpholine rings is 1. The molecule has 0 aliphatic carbocycles. The molecule has 2 aromatic rings. The number of piperidine rings is 1. The van der Waals surface area contributed by atoms with Crippen LogP contribution in [0.2, 0.25) is 5.02 Å². The zero-order valence-electron chi connectivity index (χ0n) is 21.1. The molecule has 2 aromatic carbocycles. The molecule has 1 amide bonds. The highest BCUT2D eigenvalue weighted by atomic mass is 35.5. The number of hydrogen-bond donors (Lipinski definition) is 2. The van der Waals surface area contributed by atoms with E-state index in [1.54, 1.807) is 19.1 Å². The minimum absolute atomic E-state index is 0.0929. The summed E-state index contributed by atoms with van der Waals surface area (Å²) in [7, 11) is 0. The van der Waals surface area contributed by atoms with E-state index in [-0.39, 0.29) is 17.0 Å².